The topological polar surface area (TPSA) is 96.4 Å². The van der Waals surface area contributed by atoms with E-state index in [9.17, 15) is 26.4 Å². The fourth-order valence-corrected chi connectivity index (χ4v) is 2.76. The largest absolute Gasteiger partial charge is 0.480 e. The molecular formula is C12H15F3N2O4S. The highest BCUT2D eigenvalue weighted by molar-refractivity contribution is 7.89. The van der Waals surface area contributed by atoms with E-state index in [1.54, 1.807) is 13.8 Å². The van der Waals surface area contributed by atoms with E-state index in [1.165, 1.54) is 0 Å². The molecule has 1 heterocycles. The van der Waals surface area contributed by atoms with Crippen molar-refractivity contribution in [2.75, 3.05) is 0 Å². The molecule has 0 aromatic carbocycles. The van der Waals surface area contributed by atoms with Crippen molar-refractivity contribution < 1.29 is 31.5 Å². The molecule has 0 aliphatic carbocycles. The van der Waals surface area contributed by atoms with Crippen LogP contribution in [0.4, 0.5) is 13.2 Å². The smallest absolute Gasteiger partial charge is 0.417 e. The molecule has 0 amide bonds. The first-order chi connectivity index (χ1) is 9.93. The van der Waals surface area contributed by atoms with E-state index in [-0.39, 0.29) is 12.3 Å². The quantitative estimate of drug-likeness (QED) is 0.824. The lowest BCUT2D eigenvalue weighted by Gasteiger charge is -2.16. The average molecular weight is 340 g/mol. The van der Waals surface area contributed by atoms with Gasteiger partial charge in [0, 0.05) is 6.20 Å². The summed E-state index contributed by atoms with van der Waals surface area (Å²) in [6.07, 6.45) is -4.22. The maximum Gasteiger partial charge on any atom is 0.417 e. The third kappa shape index (κ3) is 4.95. The van der Waals surface area contributed by atoms with Crippen molar-refractivity contribution in [1.29, 1.82) is 0 Å². The second kappa shape index (κ2) is 6.61. The molecule has 0 radical (unpaired) electrons. The van der Waals surface area contributed by atoms with Gasteiger partial charge >= 0.3 is 12.1 Å². The molecule has 0 fully saturated rings. The maximum atomic E-state index is 12.4. The molecule has 0 saturated heterocycles. The summed E-state index contributed by atoms with van der Waals surface area (Å²) in [5.74, 6) is -1.46. The summed E-state index contributed by atoms with van der Waals surface area (Å²) >= 11 is 0. The van der Waals surface area contributed by atoms with Crippen LogP contribution in [0.2, 0.25) is 0 Å². The number of pyridine rings is 1. The Labute approximate surface area is 125 Å². The lowest BCUT2D eigenvalue weighted by atomic mass is 10.1. The van der Waals surface area contributed by atoms with Gasteiger partial charge in [0.1, 0.15) is 6.04 Å². The van der Waals surface area contributed by atoms with E-state index in [4.69, 9.17) is 5.11 Å². The Morgan fingerprint density at radius 1 is 1.36 bits per heavy atom. The zero-order valence-electron chi connectivity index (χ0n) is 11.8. The minimum absolute atomic E-state index is 0.0369. The SMILES string of the molecule is CC(C)C[C@H](NS(=O)(=O)c1ccc(C(F)(F)F)cn1)C(=O)O. The highest BCUT2D eigenvalue weighted by Gasteiger charge is 2.32. The lowest BCUT2D eigenvalue weighted by Crippen LogP contribution is -2.41. The number of carboxylic acid groups (broad SMARTS) is 1. The van der Waals surface area contributed by atoms with Gasteiger partial charge in [0.25, 0.3) is 10.0 Å². The van der Waals surface area contributed by atoms with Crippen molar-refractivity contribution >= 4 is 16.0 Å². The molecule has 0 aliphatic rings. The lowest BCUT2D eigenvalue weighted by molar-refractivity contribution is -0.139. The van der Waals surface area contributed by atoms with Gasteiger partial charge in [-0.2, -0.15) is 17.9 Å². The van der Waals surface area contributed by atoms with E-state index < -0.39 is 38.8 Å². The van der Waals surface area contributed by atoms with E-state index >= 15 is 0 Å². The zero-order chi connectivity index (χ0) is 17.1. The van der Waals surface area contributed by atoms with Gasteiger partial charge < -0.3 is 5.11 Å². The number of aromatic nitrogens is 1. The molecule has 1 atom stereocenters. The molecule has 6 nitrogen and oxygen atoms in total. The Morgan fingerprint density at radius 3 is 2.32 bits per heavy atom. The molecule has 0 aliphatic heterocycles. The summed E-state index contributed by atoms with van der Waals surface area (Å²) < 4.78 is 63.0. The predicted octanol–water partition coefficient (Wildman–Crippen LogP) is 1.88. The molecule has 1 aromatic rings. The van der Waals surface area contributed by atoms with Crippen LogP contribution in [0.3, 0.4) is 0 Å². The Bertz CT molecular complexity index is 627. The Hall–Kier alpha value is -1.68. The van der Waals surface area contributed by atoms with Crippen LogP contribution in [-0.4, -0.2) is 30.5 Å². The number of alkyl halides is 3. The van der Waals surface area contributed by atoms with Crippen LogP contribution in [0.25, 0.3) is 0 Å². The van der Waals surface area contributed by atoms with Gasteiger partial charge in [-0.05, 0) is 24.5 Å². The summed E-state index contributed by atoms with van der Waals surface area (Å²) in [6, 6.07) is -0.131. The van der Waals surface area contributed by atoms with Crippen LogP contribution in [0.15, 0.2) is 23.4 Å². The second-order valence-corrected chi connectivity index (χ2v) is 6.69. The van der Waals surface area contributed by atoms with E-state index in [0.717, 1.165) is 0 Å². The first-order valence-electron chi connectivity index (χ1n) is 6.22. The number of nitrogens with zero attached hydrogens (tertiary/aromatic N) is 1. The monoisotopic (exact) mass is 340 g/mol. The molecule has 0 saturated carbocycles. The first kappa shape index (κ1) is 18.4. The highest BCUT2D eigenvalue weighted by atomic mass is 32.2. The minimum atomic E-state index is -4.63. The number of sulfonamides is 1. The summed E-state index contributed by atoms with van der Waals surface area (Å²) in [5.41, 5.74) is -1.09. The van der Waals surface area contributed by atoms with Crippen molar-refractivity contribution in [2.45, 2.75) is 37.5 Å². The highest BCUT2D eigenvalue weighted by Crippen LogP contribution is 2.28. The number of halogens is 3. The van der Waals surface area contributed by atoms with Gasteiger partial charge in [-0.15, -0.1) is 0 Å². The number of hydrogen-bond acceptors (Lipinski definition) is 4. The third-order valence-electron chi connectivity index (χ3n) is 2.64. The van der Waals surface area contributed by atoms with Gasteiger partial charge in [0.2, 0.25) is 0 Å². The van der Waals surface area contributed by atoms with Crippen molar-refractivity contribution in [3.63, 3.8) is 0 Å². The molecule has 10 heteroatoms. The van der Waals surface area contributed by atoms with Crippen LogP contribution in [0.1, 0.15) is 25.8 Å². The van der Waals surface area contributed by atoms with Gasteiger partial charge in [0.05, 0.1) is 5.56 Å². The molecule has 2 N–H and O–H groups in total. The summed E-state index contributed by atoms with van der Waals surface area (Å²) in [6.45, 7) is 3.42. The van der Waals surface area contributed by atoms with Crippen molar-refractivity contribution in [3.05, 3.63) is 23.9 Å². The molecule has 1 aromatic heterocycles. The number of rotatable bonds is 6. The normalized spacial score (nSPS) is 14.1. The minimum Gasteiger partial charge on any atom is -0.480 e. The van der Waals surface area contributed by atoms with E-state index in [1.807, 2.05) is 4.72 Å². The maximum absolute atomic E-state index is 12.4. The molecule has 22 heavy (non-hydrogen) atoms. The Morgan fingerprint density at radius 2 is 1.95 bits per heavy atom. The van der Waals surface area contributed by atoms with Gasteiger partial charge in [0.15, 0.2) is 5.03 Å². The Kier molecular flexibility index (Phi) is 5.52. The third-order valence-corrected chi connectivity index (χ3v) is 4.03. The van der Waals surface area contributed by atoms with Crippen LogP contribution in [0, 0.1) is 5.92 Å². The van der Waals surface area contributed by atoms with Gasteiger partial charge in [-0.3, -0.25) is 4.79 Å². The van der Waals surface area contributed by atoms with Crippen LogP contribution in [0.5, 0.6) is 0 Å². The molecule has 0 bridgehead atoms. The predicted molar refractivity (Wildman–Crippen MR) is 70.4 cm³/mol. The van der Waals surface area contributed by atoms with E-state index in [0.29, 0.717) is 18.3 Å². The second-order valence-electron chi connectivity index (χ2n) is 5.02. The van der Waals surface area contributed by atoms with Crippen LogP contribution < -0.4 is 4.72 Å². The fourth-order valence-electron chi connectivity index (χ4n) is 1.63. The molecule has 124 valence electrons. The molecule has 0 unspecified atom stereocenters. The van der Waals surface area contributed by atoms with Crippen molar-refractivity contribution in [1.82, 2.24) is 9.71 Å². The number of hydrogen-bond donors (Lipinski definition) is 2. The number of carbonyl (C=O) groups is 1. The van der Waals surface area contributed by atoms with Gasteiger partial charge in [-0.1, -0.05) is 13.8 Å². The summed E-state index contributed by atoms with van der Waals surface area (Å²) in [7, 11) is -4.32. The van der Waals surface area contributed by atoms with Crippen molar-refractivity contribution in [3.8, 4) is 0 Å². The number of carboxylic acids is 1. The molecular weight excluding hydrogens is 325 g/mol. The van der Waals surface area contributed by atoms with Crippen molar-refractivity contribution in [2.24, 2.45) is 5.92 Å². The van der Waals surface area contributed by atoms with E-state index in [2.05, 4.69) is 4.98 Å². The fraction of sp³-hybridized carbons (Fsp3) is 0.500. The average Bonchev–Trinajstić information content (AvgIpc) is 2.36. The van der Waals surface area contributed by atoms with Crippen LogP contribution >= 0.6 is 0 Å². The summed E-state index contributed by atoms with van der Waals surface area (Å²) in [4.78, 5) is 14.3. The first-order valence-corrected chi connectivity index (χ1v) is 7.70. The summed E-state index contributed by atoms with van der Waals surface area (Å²) in [5, 5.41) is 8.32. The zero-order valence-corrected chi connectivity index (χ0v) is 12.6. The number of nitrogens with one attached hydrogen (secondary N) is 1. The standard InChI is InChI=1S/C12H15F3N2O4S/c1-7(2)5-9(11(18)19)17-22(20,21)10-4-3-8(6-16-10)12(13,14)15/h3-4,6-7,9,17H,5H2,1-2H3,(H,18,19)/t9-/m0/s1. The Balaban J connectivity index is 3.01. The number of aliphatic carboxylic acids is 1. The van der Waals surface area contributed by atoms with Gasteiger partial charge in [-0.25, -0.2) is 13.4 Å². The molecule has 0 spiro atoms. The van der Waals surface area contributed by atoms with Crippen LogP contribution in [-0.2, 0) is 21.0 Å². The molecule has 1 rings (SSSR count).